The molecule has 6 heteroatoms. The van der Waals surface area contributed by atoms with Crippen LogP contribution in [-0.4, -0.2) is 14.1 Å². The van der Waals surface area contributed by atoms with E-state index in [1.165, 1.54) is 22.3 Å². The molecule has 5 nitrogen and oxygen atoms in total. The third kappa shape index (κ3) is 9.15. The molecule has 0 spiro atoms. The number of aromatic nitrogens is 4. The Morgan fingerprint density at radius 1 is 0.529 bits per heavy atom. The van der Waals surface area contributed by atoms with Crippen molar-refractivity contribution in [3.05, 3.63) is 209 Å². The van der Waals surface area contributed by atoms with Gasteiger partial charge >= 0.3 is 0 Å². The molecule has 6 aromatic carbocycles. The molecule has 0 aliphatic heterocycles. The topological polar surface area (TPSA) is 35.9 Å². The second-order valence-corrected chi connectivity index (χ2v) is 22.3. The summed E-state index contributed by atoms with van der Waals surface area (Å²) in [5.74, 6) is 2.05. The van der Waals surface area contributed by atoms with E-state index in [4.69, 9.17) is 9.72 Å². The number of fused-ring (bicyclic) bond motifs is 3. The zero-order valence-corrected chi connectivity index (χ0v) is 44.2. The molecular weight excluding hydrogens is 1010 g/mol. The number of hydrogen-bond acceptors (Lipinski definition) is 2. The molecule has 350 valence electrons. The summed E-state index contributed by atoms with van der Waals surface area (Å²) in [5, 5.41) is 2.27. The molecule has 0 radical (unpaired) electrons. The molecule has 3 aromatic heterocycles. The maximum atomic E-state index is 7.15. The van der Waals surface area contributed by atoms with Gasteiger partial charge in [0.05, 0.1) is 11.4 Å². The predicted molar refractivity (Wildman–Crippen MR) is 276 cm³/mol. The smallest absolute Gasteiger partial charge is 0.267 e. The quantitative estimate of drug-likeness (QED) is 0.107. The summed E-state index contributed by atoms with van der Waals surface area (Å²) in [6.07, 6.45) is 7.94. The Kier molecular flexibility index (Phi) is 12.7. The Morgan fingerprint density at radius 2 is 1.10 bits per heavy atom. The van der Waals surface area contributed by atoms with Gasteiger partial charge < -0.3 is 13.9 Å². The minimum Gasteiger partial charge on any atom is -0.510 e. The fraction of sp³-hybridized carbons (Fsp3) is 0.290. The first-order valence-corrected chi connectivity index (χ1v) is 23.6. The van der Waals surface area contributed by atoms with Crippen molar-refractivity contribution in [2.45, 2.75) is 117 Å². The fourth-order valence-corrected chi connectivity index (χ4v) is 9.30. The molecule has 0 aliphatic carbocycles. The number of imidazole rings is 1. The second kappa shape index (κ2) is 17.8. The van der Waals surface area contributed by atoms with Gasteiger partial charge in [0.15, 0.2) is 0 Å². The van der Waals surface area contributed by atoms with Crippen LogP contribution in [0.1, 0.15) is 129 Å². The van der Waals surface area contributed by atoms with Gasteiger partial charge in [0, 0.05) is 55.9 Å². The van der Waals surface area contributed by atoms with E-state index < -0.39 is 5.41 Å². The molecule has 9 rings (SSSR count). The number of hydrogen-bond donors (Lipinski definition) is 0. The Balaban J connectivity index is 0.00000625. The van der Waals surface area contributed by atoms with E-state index in [-0.39, 0.29) is 42.7 Å². The number of rotatable bonds is 9. The molecule has 0 amide bonds. The summed E-state index contributed by atoms with van der Waals surface area (Å²) in [4.78, 5) is 5.01. The normalized spacial score (nSPS) is 12.7. The molecule has 9 aromatic rings. The Bertz CT molecular complexity index is 3260. The number of nitrogens with zero attached hydrogens (tertiary/aromatic N) is 4. The van der Waals surface area contributed by atoms with Crippen LogP contribution < -0.4 is 9.30 Å². The van der Waals surface area contributed by atoms with Crippen molar-refractivity contribution in [1.82, 2.24) is 14.1 Å². The largest absolute Gasteiger partial charge is 0.510 e. The molecule has 0 unspecified atom stereocenters. The van der Waals surface area contributed by atoms with Crippen molar-refractivity contribution in [2.24, 2.45) is 0 Å². The third-order valence-corrected chi connectivity index (χ3v) is 13.7. The summed E-state index contributed by atoms with van der Waals surface area (Å²) < 4.78 is 13.7. The first-order valence-electron chi connectivity index (χ1n) is 23.6. The van der Waals surface area contributed by atoms with Gasteiger partial charge in [0.1, 0.15) is 5.82 Å². The average molecular weight is 1080 g/mol. The van der Waals surface area contributed by atoms with Crippen molar-refractivity contribution in [2.75, 3.05) is 0 Å². The molecule has 0 N–H and O–H groups in total. The maximum absolute atomic E-state index is 7.15. The Labute approximate surface area is 419 Å². The van der Waals surface area contributed by atoms with E-state index in [1.54, 1.807) is 0 Å². The van der Waals surface area contributed by atoms with Gasteiger partial charge in [-0.15, -0.1) is 29.8 Å². The SMILES string of the molecule is CC(C)(C)c1cc(Oc2[c-]c3c(c(C(C)(C)c4ccccc4)c2)c2ccccc2n3-c2cc(C(C)(C)C)ccn2)[c-]c(-n2[c-][n+](-c3cccc(C(C)(C)C)c3)c(C(C)(C)c3ccccc3)c2)c1.[Pt]. The number of benzene rings is 6. The summed E-state index contributed by atoms with van der Waals surface area (Å²) in [6.45, 7) is 29.4. The van der Waals surface area contributed by atoms with Crippen molar-refractivity contribution < 1.29 is 30.4 Å². The molecule has 0 bridgehead atoms. The van der Waals surface area contributed by atoms with E-state index in [0.29, 0.717) is 11.5 Å². The number of pyridine rings is 1. The maximum Gasteiger partial charge on any atom is 0.267 e. The number of ether oxygens (including phenoxy) is 1. The van der Waals surface area contributed by atoms with Gasteiger partial charge in [0.25, 0.3) is 6.33 Å². The van der Waals surface area contributed by atoms with Crippen LogP contribution in [0.3, 0.4) is 0 Å². The van der Waals surface area contributed by atoms with Gasteiger partial charge in [0.2, 0.25) is 0 Å². The molecule has 0 saturated heterocycles. The number of para-hydroxylation sites is 1. The summed E-state index contributed by atoms with van der Waals surface area (Å²) in [6, 6.07) is 57.4. The Hall–Kier alpha value is -6.03. The Morgan fingerprint density at radius 3 is 1.75 bits per heavy atom. The predicted octanol–water partition coefficient (Wildman–Crippen LogP) is 15.0. The minimum absolute atomic E-state index is 0. The van der Waals surface area contributed by atoms with Crippen molar-refractivity contribution in [3.8, 4) is 28.7 Å². The minimum atomic E-state index is -0.412. The zero-order valence-electron chi connectivity index (χ0n) is 41.9. The summed E-state index contributed by atoms with van der Waals surface area (Å²) in [5.41, 5.74) is 11.1. The van der Waals surface area contributed by atoms with Crippen LogP contribution in [0.15, 0.2) is 152 Å². The summed E-state index contributed by atoms with van der Waals surface area (Å²) >= 11 is 0. The van der Waals surface area contributed by atoms with E-state index in [9.17, 15) is 0 Å². The molecular formula is C62H64N4OPt-2. The van der Waals surface area contributed by atoms with Crippen molar-refractivity contribution >= 4 is 21.8 Å². The van der Waals surface area contributed by atoms with Gasteiger partial charge in [-0.05, 0) is 85.3 Å². The van der Waals surface area contributed by atoms with Crippen LogP contribution in [0.2, 0.25) is 0 Å². The van der Waals surface area contributed by atoms with Crippen LogP contribution in [0.5, 0.6) is 11.5 Å². The van der Waals surface area contributed by atoms with Crippen LogP contribution >= 0.6 is 0 Å². The van der Waals surface area contributed by atoms with Crippen LogP contribution in [0.25, 0.3) is 39.0 Å². The van der Waals surface area contributed by atoms with Gasteiger partial charge in [-0.25, -0.2) is 4.98 Å². The molecule has 0 atom stereocenters. The van der Waals surface area contributed by atoms with E-state index >= 15 is 0 Å². The monoisotopic (exact) mass is 1080 g/mol. The zero-order chi connectivity index (χ0) is 47.7. The molecule has 0 saturated carbocycles. The van der Waals surface area contributed by atoms with E-state index in [1.807, 2.05) is 6.20 Å². The standard InChI is InChI=1S/C62H64N4O.Pt/c1-58(2,3)44-27-22-28-47(33-44)65-41-64(40-55(65)62(12,13)43-25-18-15-19-26-43)48-34-46(60(7,8)9)35-49(37-48)67-50-38-52(61(10,11)42-23-16-14-17-24-42)57-51-29-20-21-30-53(51)66(54(57)39-50)56-36-45(31-32-63-56)59(4,5)6;/h14-36,38,40H,1-13H3;/q-2;. The first-order chi connectivity index (χ1) is 31.6. The van der Waals surface area contributed by atoms with Crippen LogP contribution in [0.4, 0.5) is 0 Å². The van der Waals surface area contributed by atoms with Crippen LogP contribution in [0, 0.1) is 18.5 Å². The molecule has 0 fully saturated rings. The fourth-order valence-electron chi connectivity index (χ4n) is 9.30. The molecule has 0 aliphatic rings. The van der Waals surface area contributed by atoms with Crippen molar-refractivity contribution in [3.63, 3.8) is 0 Å². The second-order valence-electron chi connectivity index (χ2n) is 22.3. The van der Waals surface area contributed by atoms with Gasteiger partial charge in [-0.1, -0.05) is 192 Å². The van der Waals surface area contributed by atoms with Crippen LogP contribution in [-0.2, 0) is 48.1 Å². The third-order valence-electron chi connectivity index (χ3n) is 13.7. The average Bonchev–Trinajstić information content (AvgIpc) is 3.90. The van der Waals surface area contributed by atoms with E-state index in [0.717, 1.165) is 55.8 Å². The first kappa shape index (κ1) is 48.4. The van der Waals surface area contributed by atoms with Crippen molar-refractivity contribution in [1.29, 1.82) is 0 Å². The van der Waals surface area contributed by atoms with Gasteiger partial charge in [-0.2, -0.15) is 11.6 Å². The molecule has 68 heavy (non-hydrogen) atoms. The summed E-state index contributed by atoms with van der Waals surface area (Å²) in [7, 11) is 0. The van der Waals surface area contributed by atoms with Gasteiger partial charge in [-0.3, -0.25) is 4.57 Å². The molecule has 3 heterocycles. The van der Waals surface area contributed by atoms with E-state index in [2.05, 4.69) is 268 Å².